The highest BCUT2D eigenvalue weighted by atomic mass is 28.4. The van der Waals surface area contributed by atoms with E-state index in [4.69, 9.17) is 8.85 Å². The standard InChI is InChI=1S/C6H16O2Si.C5H13N3/c1-5-6-9(4,7-2)8-3;1-6-5(7-2)8(3)4/h5-6H2,1-4H3;1-4H3,(H,6,7). The maximum absolute atomic E-state index is 5.24. The van der Waals surface area contributed by atoms with E-state index >= 15 is 0 Å². The van der Waals surface area contributed by atoms with Crippen LogP contribution in [0, 0.1) is 0 Å². The first-order valence-corrected chi connectivity index (χ1v) is 8.35. The van der Waals surface area contributed by atoms with Gasteiger partial charge in [0.15, 0.2) is 5.96 Å². The van der Waals surface area contributed by atoms with E-state index in [-0.39, 0.29) is 0 Å². The molecule has 17 heavy (non-hydrogen) atoms. The summed E-state index contributed by atoms with van der Waals surface area (Å²) >= 11 is 0. The van der Waals surface area contributed by atoms with Crippen molar-refractivity contribution >= 4 is 14.5 Å². The van der Waals surface area contributed by atoms with Crippen LogP contribution < -0.4 is 5.32 Å². The summed E-state index contributed by atoms with van der Waals surface area (Å²) in [6.07, 6.45) is 1.14. The molecule has 1 N–H and O–H groups in total. The summed E-state index contributed by atoms with van der Waals surface area (Å²) in [7, 11) is 9.25. The van der Waals surface area contributed by atoms with E-state index in [1.165, 1.54) is 0 Å². The first-order valence-electron chi connectivity index (χ1n) is 5.82. The van der Waals surface area contributed by atoms with Gasteiger partial charge in [0.05, 0.1) is 0 Å². The van der Waals surface area contributed by atoms with Crippen molar-refractivity contribution < 1.29 is 8.85 Å². The molecule has 0 aromatic carbocycles. The lowest BCUT2D eigenvalue weighted by atomic mass is 10.6. The van der Waals surface area contributed by atoms with Crippen LogP contribution >= 0.6 is 0 Å². The summed E-state index contributed by atoms with van der Waals surface area (Å²) in [4.78, 5) is 5.85. The number of aliphatic imine (C=N–C) groups is 1. The molecule has 0 fully saturated rings. The molecule has 0 aliphatic heterocycles. The van der Waals surface area contributed by atoms with Gasteiger partial charge in [-0.1, -0.05) is 13.3 Å². The molecule has 0 saturated heterocycles. The van der Waals surface area contributed by atoms with Crippen molar-refractivity contribution in [2.24, 2.45) is 4.99 Å². The molecule has 0 aliphatic rings. The average Bonchev–Trinajstić information content (AvgIpc) is 2.31. The number of hydrogen-bond donors (Lipinski definition) is 1. The summed E-state index contributed by atoms with van der Waals surface area (Å²) in [6.45, 7) is 4.22. The largest absolute Gasteiger partial charge is 0.398 e. The fourth-order valence-corrected chi connectivity index (χ4v) is 2.76. The van der Waals surface area contributed by atoms with Crippen LogP contribution in [-0.4, -0.2) is 61.8 Å². The highest BCUT2D eigenvalue weighted by Gasteiger charge is 2.26. The zero-order valence-corrected chi connectivity index (χ0v) is 13.6. The Kier molecular flexibility index (Phi) is 11.6. The van der Waals surface area contributed by atoms with Crippen molar-refractivity contribution in [1.29, 1.82) is 0 Å². The van der Waals surface area contributed by atoms with Crippen LogP contribution in [0.15, 0.2) is 4.99 Å². The Morgan fingerprint density at radius 3 is 1.82 bits per heavy atom. The molecule has 0 aromatic rings. The zero-order chi connectivity index (χ0) is 13.9. The second-order valence-electron chi connectivity index (χ2n) is 3.98. The molecule has 0 atom stereocenters. The lowest BCUT2D eigenvalue weighted by Crippen LogP contribution is -2.35. The van der Waals surface area contributed by atoms with Gasteiger partial charge in [0.1, 0.15) is 0 Å². The van der Waals surface area contributed by atoms with Gasteiger partial charge >= 0.3 is 8.56 Å². The first kappa shape index (κ1) is 18.8. The van der Waals surface area contributed by atoms with Gasteiger partial charge in [0.2, 0.25) is 0 Å². The van der Waals surface area contributed by atoms with Crippen molar-refractivity contribution in [3.05, 3.63) is 0 Å². The second-order valence-corrected chi connectivity index (χ2v) is 7.57. The molecule has 0 saturated carbocycles. The van der Waals surface area contributed by atoms with Crippen molar-refractivity contribution in [3.63, 3.8) is 0 Å². The molecular weight excluding hydrogens is 234 g/mol. The van der Waals surface area contributed by atoms with Gasteiger partial charge in [0, 0.05) is 42.4 Å². The van der Waals surface area contributed by atoms with E-state index in [9.17, 15) is 0 Å². The number of hydrogen-bond acceptors (Lipinski definition) is 3. The normalized spacial score (nSPS) is 11.6. The van der Waals surface area contributed by atoms with Gasteiger partial charge in [-0.3, -0.25) is 4.99 Å². The Hall–Kier alpha value is -0.593. The highest BCUT2D eigenvalue weighted by Crippen LogP contribution is 2.12. The molecule has 6 heteroatoms. The van der Waals surface area contributed by atoms with Crippen LogP contribution in [-0.2, 0) is 8.85 Å². The third-order valence-corrected chi connectivity index (χ3v) is 5.56. The SMILES string of the molecule is CCC[Si](C)(OC)OC.CN=C(NC)N(C)C. The Bertz CT molecular complexity index is 207. The van der Waals surface area contributed by atoms with Crippen LogP contribution in [0.4, 0.5) is 0 Å². The Morgan fingerprint density at radius 1 is 1.29 bits per heavy atom. The first-order chi connectivity index (χ1) is 7.90. The second kappa shape index (κ2) is 10.6. The summed E-state index contributed by atoms with van der Waals surface area (Å²) in [5.74, 6) is 0.894. The highest BCUT2D eigenvalue weighted by molar-refractivity contribution is 6.65. The average molecular weight is 263 g/mol. The van der Waals surface area contributed by atoms with E-state index < -0.39 is 8.56 Å². The minimum Gasteiger partial charge on any atom is -0.398 e. The zero-order valence-electron chi connectivity index (χ0n) is 12.6. The monoisotopic (exact) mass is 263 g/mol. The van der Waals surface area contributed by atoms with Crippen molar-refractivity contribution in [2.75, 3.05) is 42.4 Å². The van der Waals surface area contributed by atoms with Crippen LogP contribution in [0.25, 0.3) is 0 Å². The lowest BCUT2D eigenvalue weighted by Gasteiger charge is -2.21. The van der Waals surface area contributed by atoms with Crippen LogP contribution in [0.5, 0.6) is 0 Å². The fraction of sp³-hybridized carbons (Fsp3) is 0.909. The predicted molar refractivity (Wildman–Crippen MR) is 76.8 cm³/mol. The minimum absolute atomic E-state index is 0.894. The Balaban J connectivity index is 0. The van der Waals surface area contributed by atoms with Crippen LogP contribution in [0.1, 0.15) is 13.3 Å². The van der Waals surface area contributed by atoms with E-state index in [0.29, 0.717) is 0 Å². The maximum atomic E-state index is 5.24. The number of guanidine groups is 1. The Labute approximate surface area is 107 Å². The van der Waals surface area contributed by atoms with Gasteiger partial charge in [-0.2, -0.15) is 0 Å². The molecular formula is C11H29N3O2Si. The molecule has 0 bridgehead atoms. The molecule has 104 valence electrons. The summed E-state index contributed by atoms with van der Waals surface area (Å²) in [5.41, 5.74) is 0. The van der Waals surface area contributed by atoms with Gasteiger partial charge < -0.3 is 19.1 Å². The molecule has 0 radical (unpaired) electrons. The van der Waals surface area contributed by atoms with Crippen molar-refractivity contribution in [1.82, 2.24) is 10.2 Å². The van der Waals surface area contributed by atoms with Gasteiger partial charge in [-0.25, -0.2) is 0 Å². The number of rotatable bonds is 4. The topological polar surface area (TPSA) is 46.1 Å². The van der Waals surface area contributed by atoms with Gasteiger partial charge in [0.25, 0.3) is 0 Å². The van der Waals surface area contributed by atoms with E-state index in [2.05, 4.69) is 23.8 Å². The molecule has 0 spiro atoms. The number of nitrogens with zero attached hydrogens (tertiary/aromatic N) is 2. The molecule has 0 amide bonds. The molecule has 0 rings (SSSR count). The summed E-state index contributed by atoms with van der Waals surface area (Å²) in [5, 5.41) is 2.93. The van der Waals surface area contributed by atoms with E-state index in [0.717, 1.165) is 18.4 Å². The van der Waals surface area contributed by atoms with E-state index in [1.807, 2.05) is 26.0 Å². The molecule has 5 nitrogen and oxygen atoms in total. The van der Waals surface area contributed by atoms with Crippen molar-refractivity contribution in [2.45, 2.75) is 25.9 Å². The van der Waals surface area contributed by atoms with Crippen molar-refractivity contribution in [3.8, 4) is 0 Å². The van der Waals surface area contributed by atoms with Gasteiger partial charge in [-0.15, -0.1) is 0 Å². The summed E-state index contributed by atoms with van der Waals surface area (Å²) < 4.78 is 10.5. The smallest absolute Gasteiger partial charge is 0.334 e. The van der Waals surface area contributed by atoms with E-state index in [1.54, 1.807) is 21.3 Å². The quantitative estimate of drug-likeness (QED) is 0.474. The lowest BCUT2D eigenvalue weighted by molar-refractivity contribution is 0.249. The molecule has 0 heterocycles. The third kappa shape index (κ3) is 9.14. The molecule has 0 unspecified atom stereocenters. The minimum atomic E-state index is -1.70. The summed E-state index contributed by atoms with van der Waals surface area (Å²) in [6, 6.07) is 1.08. The Morgan fingerprint density at radius 2 is 1.76 bits per heavy atom. The predicted octanol–water partition coefficient (Wildman–Crippen LogP) is 1.51. The van der Waals surface area contributed by atoms with Crippen LogP contribution in [0.3, 0.4) is 0 Å². The fourth-order valence-electron chi connectivity index (χ4n) is 1.28. The molecule has 0 aliphatic carbocycles. The number of nitrogens with one attached hydrogen (secondary N) is 1. The van der Waals surface area contributed by atoms with Gasteiger partial charge in [-0.05, 0) is 12.6 Å². The molecule has 0 aromatic heterocycles. The third-order valence-electron chi connectivity index (χ3n) is 2.43. The maximum Gasteiger partial charge on any atom is 0.334 e. The van der Waals surface area contributed by atoms with Crippen LogP contribution in [0.2, 0.25) is 12.6 Å².